The lowest BCUT2D eigenvalue weighted by Crippen LogP contribution is -2.40. The number of esters is 1. The number of aromatic amines is 1. The van der Waals surface area contributed by atoms with Crippen LogP contribution in [0.2, 0.25) is 0 Å². The van der Waals surface area contributed by atoms with Crippen LogP contribution in [-0.4, -0.2) is 50.0 Å². The van der Waals surface area contributed by atoms with Crippen molar-refractivity contribution < 1.29 is 22.7 Å². The van der Waals surface area contributed by atoms with Crippen molar-refractivity contribution in [3.8, 4) is 0 Å². The van der Waals surface area contributed by atoms with Crippen molar-refractivity contribution in [3.63, 3.8) is 0 Å². The molecular formula is C24H26N2O5S. The minimum atomic E-state index is -3.59. The van der Waals surface area contributed by atoms with Crippen LogP contribution in [0, 0.1) is 0 Å². The summed E-state index contributed by atoms with van der Waals surface area (Å²) in [4.78, 5) is 16.4. The molecule has 1 N–H and O–H groups in total. The number of nitrogens with one attached hydrogen (secondary N) is 1. The summed E-state index contributed by atoms with van der Waals surface area (Å²) in [7, 11) is -3.59. The van der Waals surface area contributed by atoms with E-state index in [9.17, 15) is 13.2 Å². The highest BCUT2D eigenvalue weighted by Gasteiger charge is 2.26. The molecule has 0 atom stereocenters. The molecule has 168 valence electrons. The standard InChI is InChI=1S/C24H26N2O5S/c27-24(18-8-9-23-21(15-18)20-6-1-2-7-22(20)25-23)31-16-17-4-3-5-19(14-17)32(28,29)26-10-12-30-13-11-26/h3-5,8-9,14-15,25H,1-2,6-7,10-13,16H2. The predicted octanol–water partition coefficient (Wildman–Crippen LogP) is 3.42. The second kappa shape index (κ2) is 8.69. The van der Waals surface area contributed by atoms with Crippen LogP contribution in [0.1, 0.15) is 40.0 Å². The molecule has 5 rings (SSSR count). The lowest BCUT2D eigenvalue weighted by molar-refractivity contribution is 0.0472. The second-order valence-corrected chi connectivity index (χ2v) is 10.2. The maximum absolute atomic E-state index is 12.9. The van der Waals surface area contributed by atoms with Gasteiger partial charge < -0.3 is 14.5 Å². The van der Waals surface area contributed by atoms with E-state index in [1.807, 2.05) is 12.1 Å². The molecule has 1 aliphatic heterocycles. The Kier molecular flexibility index (Phi) is 5.75. The SMILES string of the molecule is O=C(OCc1cccc(S(=O)(=O)N2CCOCC2)c1)c1ccc2[nH]c3c(c2c1)CCCC3. The normalized spacial score (nSPS) is 17.2. The van der Waals surface area contributed by atoms with E-state index < -0.39 is 16.0 Å². The van der Waals surface area contributed by atoms with Gasteiger partial charge in [-0.15, -0.1) is 0 Å². The van der Waals surface area contributed by atoms with Gasteiger partial charge in [-0.05, 0) is 67.1 Å². The van der Waals surface area contributed by atoms with Crippen molar-refractivity contribution in [3.05, 3.63) is 64.8 Å². The molecule has 0 spiro atoms. The van der Waals surface area contributed by atoms with Crippen LogP contribution in [0.4, 0.5) is 0 Å². The summed E-state index contributed by atoms with van der Waals surface area (Å²) in [5.74, 6) is -0.418. The summed E-state index contributed by atoms with van der Waals surface area (Å²) in [6.07, 6.45) is 4.43. The molecule has 2 heterocycles. The van der Waals surface area contributed by atoms with Gasteiger partial charge in [0.25, 0.3) is 0 Å². The topological polar surface area (TPSA) is 88.7 Å². The van der Waals surface area contributed by atoms with Crippen LogP contribution in [0.15, 0.2) is 47.4 Å². The highest BCUT2D eigenvalue weighted by Crippen LogP contribution is 2.30. The van der Waals surface area contributed by atoms with Gasteiger partial charge in [0.1, 0.15) is 6.61 Å². The molecule has 2 aliphatic rings. The largest absolute Gasteiger partial charge is 0.457 e. The molecule has 3 aromatic rings. The number of morpholine rings is 1. The average Bonchev–Trinajstić information content (AvgIpc) is 3.21. The first-order chi connectivity index (χ1) is 15.5. The molecule has 0 radical (unpaired) electrons. The molecule has 1 saturated heterocycles. The summed E-state index contributed by atoms with van der Waals surface area (Å²) in [6, 6.07) is 12.2. The zero-order valence-corrected chi connectivity index (χ0v) is 18.6. The number of carbonyl (C=O) groups excluding carboxylic acids is 1. The number of ether oxygens (including phenoxy) is 2. The number of rotatable bonds is 5. The van der Waals surface area contributed by atoms with E-state index >= 15 is 0 Å². The molecule has 0 unspecified atom stereocenters. The monoisotopic (exact) mass is 454 g/mol. The van der Waals surface area contributed by atoms with E-state index in [2.05, 4.69) is 4.98 Å². The average molecular weight is 455 g/mol. The Morgan fingerprint density at radius 3 is 2.72 bits per heavy atom. The fourth-order valence-corrected chi connectivity index (χ4v) is 5.98. The van der Waals surface area contributed by atoms with Gasteiger partial charge in [-0.2, -0.15) is 4.31 Å². The minimum absolute atomic E-state index is 0.00852. The Balaban J connectivity index is 1.30. The Bertz CT molecular complexity index is 1260. The Hall–Kier alpha value is -2.68. The summed E-state index contributed by atoms with van der Waals surface area (Å²) >= 11 is 0. The van der Waals surface area contributed by atoms with E-state index in [1.54, 1.807) is 30.3 Å². The first kappa shape index (κ1) is 21.2. The van der Waals surface area contributed by atoms with E-state index in [0.29, 0.717) is 37.4 Å². The van der Waals surface area contributed by atoms with Crippen LogP contribution >= 0.6 is 0 Å². The van der Waals surface area contributed by atoms with Gasteiger partial charge in [-0.25, -0.2) is 13.2 Å². The van der Waals surface area contributed by atoms with Crippen LogP contribution in [0.5, 0.6) is 0 Å². The van der Waals surface area contributed by atoms with Gasteiger partial charge in [-0.3, -0.25) is 0 Å². The van der Waals surface area contributed by atoms with Gasteiger partial charge >= 0.3 is 5.97 Å². The lowest BCUT2D eigenvalue weighted by atomic mass is 9.95. The smallest absolute Gasteiger partial charge is 0.338 e. The molecule has 8 heteroatoms. The third-order valence-electron chi connectivity index (χ3n) is 6.21. The maximum atomic E-state index is 12.9. The van der Waals surface area contributed by atoms with Crippen LogP contribution in [-0.2, 0) is 38.9 Å². The molecule has 7 nitrogen and oxygen atoms in total. The van der Waals surface area contributed by atoms with Gasteiger partial charge in [0.15, 0.2) is 0 Å². The molecule has 0 amide bonds. The zero-order chi connectivity index (χ0) is 22.1. The van der Waals surface area contributed by atoms with E-state index in [0.717, 1.165) is 23.7 Å². The van der Waals surface area contributed by atoms with Crippen molar-refractivity contribution in [2.24, 2.45) is 0 Å². The Morgan fingerprint density at radius 1 is 1.06 bits per heavy atom. The Labute approximate surface area is 187 Å². The number of aryl methyl sites for hydroxylation is 2. The van der Waals surface area contributed by atoms with Gasteiger partial charge in [0.05, 0.1) is 23.7 Å². The third kappa shape index (κ3) is 4.05. The molecule has 2 aromatic carbocycles. The minimum Gasteiger partial charge on any atom is -0.457 e. The van der Waals surface area contributed by atoms with Crippen molar-refractivity contribution in [1.82, 2.24) is 9.29 Å². The van der Waals surface area contributed by atoms with Crippen molar-refractivity contribution in [1.29, 1.82) is 0 Å². The van der Waals surface area contributed by atoms with E-state index in [-0.39, 0.29) is 11.5 Å². The second-order valence-electron chi connectivity index (χ2n) is 8.29. The highest BCUT2D eigenvalue weighted by atomic mass is 32.2. The fourth-order valence-electron chi connectivity index (χ4n) is 4.50. The molecule has 0 saturated carbocycles. The third-order valence-corrected chi connectivity index (χ3v) is 8.10. The zero-order valence-electron chi connectivity index (χ0n) is 17.8. The van der Waals surface area contributed by atoms with Gasteiger partial charge in [0.2, 0.25) is 10.0 Å². The number of fused-ring (bicyclic) bond motifs is 3. The molecule has 32 heavy (non-hydrogen) atoms. The number of hydrogen-bond donors (Lipinski definition) is 1. The van der Waals surface area contributed by atoms with E-state index in [1.165, 1.54) is 28.4 Å². The first-order valence-electron chi connectivity index (χ1n) is 11.0. The molecule has 1 aliphatic carbocycles. The van der Waals surface area contributed by atoms with Crippen LogP contribution in [0.25, 0.3) is 10.9 Å². The number of aromatic nitrogens is 1. The van der Waals surface area contributed by atoms with E-state index in [4.69, 9.17) is 9.47 Å². The van der Waals surface area contributed by atoms with Crippen LogP contribution < -0.4 is 0 Å². The lowest BCUT2D eigenvalue weighted by Gasteiger charge is -2.26. The molecule has 1 fully saturated rings. The van der Waals surface area contributed by atoms with Gasteiger partial charge in [0, 0.05) is 29.7 Å². The maximum Gasteiger partial charge on any atom is 0.338 e. The quantitative estimate of drug-likeness (QED) is 0.597. The summed E-state index contributed by atoms with van der Waals surface area (Å²) in [5.41, 5.74) is 4.77. The van der Waals surface area contributed by atoms with Crippen molar-refractivity contribution in [2.45, 2.75) is 37.2 Å². The number of benzene rings is 2. The summed E-state index contributed by atoms with van der Waals surface area (Å²) < 4.78 is 37.9. The summed E-state index contributed by atoms with van der Waals surface area (Å²) in [6.45, 7) is 1.48. The Morgan fingerprint density at radius 2 is 1.88 bits per heavy atom. The van der Waals surface area contributed by atoms with Crippen molar-refractivity contribution in [2.75, 3.05) is 26.3 Å². The fraction of sp³-hybridized carbons (Fsp3) is 0.375. The molecular weight excluding hydrogens is 428 g/mol. The van der Waals surface area contributed by atoms with Gasteiger partial charge in [-0.1, -0.05) is 12.1 Å². The summed E-state index contributed by atoms with van der Waals surface area (Å²) in [5, 5.41) is 1.09. The molecule has 1 aromatic heterocycles. The number of sulfonamides is 1. The number of carbonyl (C=O) groups is 1. The highest BCUT2D eigenvalue weighted by molar-refractivity contribution is 7.89. The number of H-pyrrole nitrogens is 1. The molecule has 0 bridgehead atoms. The predicted molar refractivity (Wildman–Crippen MR) is 120 cm³/mol. The van der Waals surface area contributed by atoms with Crippen LogP contribution in [0.3, 0.4) is 0 Å². The van der Waals surface area contributed by atoms with Crippen molar-refractivity contribution >= 4 is 26.9 Å². The number of hydrogen-bond acceptors (Lipinski definition) is 5. The number of nitrogens with zero attached hydrogens (tertiary/aromatic N) is 1. The first-order valence-corrected chi connectivity index (χ1v) is 12.4.